The number of amides is 1. The minimum absolute atomic E-state index is 0.0141. The van der Waals surface area contributed by atoms with E-state index in [0.29, 0.717) is 11.7 Å². The maximum absolute atomic E-state index is 12.0. The van der Waals surface area contributed by atoms with Crippen LogP contribution in [0.3, 0.4) is 0 Å². The lowest BCUT2D eigenvalue weighted by atomic mass is 10.0. The number of aromatic nitrogens is 2. The van der Waals surface area contributed by atoms with Crippen LogP contribution in [0.1, 0.15) is 28.4 Å². The topological polar surface area (TPSA) is 64.1 Å². The molecule has 2 aromatic heterocycles. The van der Waals surface area contributed by atoms with Crippen LogP contribution in [-0.2, 0) is 29.0 Å². The number of ether oxygens (including phenoxy) is 1. The number of hydrogen-bond acceptors (Lipinski definition) is 6. The number of hydrogen-bond donors (Lipinski definition) is 1. The van der Waals surface area contributed by atoms with Crippen molar-refractivity contribution in [2.45, 2.75) is 32.3 Å². The van der Waals surface area contributed by atoms with E-state index in [4.69, 9.17) is 4.74 Å². The highest BCUT2D eigenvalue weighted by molar-refractivity contribution is 7.18. The standard InChI is InChI=1S/C17H17N3O2S2/c21-15(20-17-19-12-6-2-4-8-14(12)24-17)9-22-10-16-18-11-5-1-3-7-13(11)23-16/h1,3,5,7H,2,4,6,8-10H2,(H,19,20,21). The van der Waals surface area contributed by atoms with Gasteiger partial charge < -0.3 is 4.74 Å². The summed E-state index contributed by atoms with van der Waals surface area (Å²) in [7, 11) is 0. The Morgan fingerprint density at radius 3 is 2.92 bits per heavy atom. The number of benzene rings is 1. The van der Waals surface area contributed by atoms with Gasteiger partial charge in [0.05, 0.1) is 22.5 Å². The van der Waals surface area contributed by atoms with E-state index < -0.39 is 0 Å². The molecule has 2 heterocycles. The normalized spacial score (nSPS) is 13.8. The Morgan fingerprint density at radius 1 is 1.17 bits per heavy atom. The number of nitrogens with one attached hydrogen (secondary N) is 1. The lowest BCUT2D eigenvalue weighted by Crippen LogP contribution is -2.18. The summed E-state index contributed by atoms with van der Waals surface area (Å²) < 4.78 is 6.63. The molecule has 4 rings (SSSR count). The second-order valence-electron chi connectivity index (χ2n) is 5.71. The Balaban J connectivity index is 1.29. The smallest absolute Gasteiger partial charge is 0.252 e. The summed E-state index contributed by atoms with van der Waals surface area (Å²) in [4.78, 5) is 22.3. The summed E-state index contributed by atoms with van der Waals surface area (Å²) >= 11 is 3.18. The maximum Gasteiger partial charge on any atom is 0.252 e. The van der Waals surface area contributed by atoms with Gasteiger partial charge in [-0.1, -0.05) is 12.1 Å². The molecule has 7 heteroatoms. The number of carbonyl (C=O) groups excluding carboxylic acids is 1. The molecule has 0 unspecified atom stereocenters. The highest BCUT2D eigenvalue weighted by Crippen LogP contribution is 2.29. The zero-order chi connectivity index (χ0) is 16.4. The van der Waals surface area contributed by atoms with E-state index >= 15 is 0 Å². The first kappa shape index (κ1) is 15.7. The molecule has 0 saturated carbocycles. The third-order valence-corrected chi connectivity index (χ3v) is 5.97. The monoisotopic (exact) mass is 359 g/mol. The van der Waals surface area contributed by atoms with Gasteiger partial charge in [0.1, 0.15) is 11.6 Å². The summed E-state index contributed by atoms with van der Waals surface area (Å²) in [5.74, 6) is -0.165. The molecule has 0 fully saturated rings. The van der Waals surface area contributed by atoms with Gasteiger partial charge >= 0.3 is 0 Å². The molecule has 1 aromatic carbocycles. The second kappa shape index (κ2) is 6.96. The van der Waals surface area contributed by atoms with Gasteiger partial charge in [0.2, 0.25) is 0 Å². The Labute approximate surface area is 147 Å². The van der Waals surface area contributed by atoms with Gasteiger partial charge in [-0.2, -0.15) is 0 Å². The summed E-state index contributed by atoms with van der Waals surface area (Å²) in [6.07, 6.45) is 4.51. The molecule has 3 aromatic rings. The van der Waals surface area contributed by atoms with Gasteiger partial charge in [0.25, 0.3) is 5.91 Å². The minimum atomic E-state index is -0.165. The fourth-order valence-electron chi connectivity index (χ4n) is 2.77. The van der Waals surface area contributed by atoms with Crippen molar-refractivity contribution < 1.29 is 9.53 Å². The molecule has 5 nitrogen and oxygen atoms in total. The Kier molecular flexibility index (Phi) is 4.55. The van der Waals surface area contributed by atoms with Crippen molar-refractivity contribution in [2.75, 3.05) is 11.9 Å². The molecule has 1 N–H and O–H groups in total. The molecule has 0 spiro atoms. The Bertz CT molecular complexity index is 815. The van der Waals surface area contributed by atoms with Crippen LogP contribution in [0.4, 0.5) is 5.13 Å². The van der Waals surface area contributed by atoms with E-state index in [-0.39, 0.29) is 12.5 Å². The average Bonchev–Trinajstić information content (AvgIpc) is 3.17. The quantitative estimate of drug-likeness (QED) is 0.753. The predicted molar refractivity (Wildman–Crippen MR) is 96.7 cm³/mol. The van der Waals surface area contributed by atoms with Gasteiger partial charge in [0, 0.05) is 4.88 Å². The first-order chi connectivity index (χ1) is 11.8. The molecule has 0 bridgehead atoms. The lowest BCUT2D eigenvalue weighted by molar-refractivity contribution is -0.121. The van der Waals surface area contributed by atoms with Crippen LogP contribution in [0.5, 0.6) is 0 Å². The minimum Gasteiger partial charge on any atom is -0.364 e. The van der Waals surface area contributed by atoms with E-state index in [9.17, 15) is 4.79 Å². The SMILES string of the molecule is O=C(COCc1nc2ccccc2s1)Nc1nc2c(s1)CCCC2. The van der Waals surface area contributed by atoms with Gasteiger partial charge in [0.15, 0.2) is 5.13 Å². The van der Waals surface area contributed by atoms with Crippen molar-refractivity contribution >= 4 is 43.9 Å². The number of carbonyl (C=O) groups is 1. The first-order valence-corrected chi connectivity index (χ1v) is 9.62. The molecule has 1 aliphatic carbocycles. The van der Waals surface area contributed by atoms with Crippen LogP contribution >= 0.6 is 22.7 Å². The largest absolute Gasteiger partial charge is 0.364 e. The number of para-hydroxylation sites is 1. The third-order valence-electron chi connectivity index (χ3n) is 3.89. The molecular weight excluding hydrogens is 342 g/mol. The fourth-order valence-corrected chi connectivity index (χ4v) is 4.74. The lowest BCUT2D eigenvalue weighted by Gasteiger charge is -2.06. The predicted octanol–water partition coefficient (Wildman–Crippen LogP) is 3.79. The molecule has 0 aliphatic heterocycles. The van der Waals surface area contributed by atoms with Crippen LogP contribution < -0.4 is 5.32 Å². The summed E-state index contributed by atoms with van der Waals surface area (Å²) in [6.45, 7) is 0.362. The number of thiazole rings is 2. The summed E-state index contributed by atoms with van der Waals surface area (Å²) in [5.41, 5.74) is 2.12. The summed E-state index contributed by atoms with van der Waals surface area (Å²) in [6, 6.07) is 7.97. The first-order valence-electron chi connectivity index (χ1n) is 7.98. The number of anilines is 1. The van der Waals surface area contributed by atoms with Crippen LogP contribution in [0.15, 0.2) is 24.3 Å². The van der Waals surface area contributed by atoms with E-state index in [0.717, 1.165) is 33.8 Å². The van der Waals surface area contributed by atoms with Gasteiger partial charge in [-0.15, -0.1) is 22.7 Å². The molecule has 0 saturated heterocycles. The van der Waals surface area contributed by atoms with Crippen molar-refractivity contribution in [1.29, 1.82) is 0 Å². The molecular formula is C17H17N3O2S2. The third kappa shape index (κ3) is 3.48. The van der Waals surface area contributed by atoms with Gasteiger partial charge in [-0.05, 0) is 37.8 Å². The second-order valence-corrected chi connectivity index (χ2v) is 7.91. The Hall–Kier alpha value is -1.83. The number of nitrogens with zero attached hydrogens (tertiary/aromatic N) is 2. The van der Waals surface area contributed by atoms with Crippen molar-refractivity contribution in [1.82, 2.24) is 9.97 Å². The van der Waals surface area contributed by atoms with Crippen LogP contribution in [0, 0.1) is 0 Å². The van der Waals surface area contributed by atoms with Gasteiger partial charge in [-0.25, -0.2) is 9.97 Å². The van der Waals surface area contributed by atoms with E-state index in [1.807, 2.05) is 24.3 Å². The van der Waals surface area contributed by atoms with Crippen molar-refractivity contribution in [2.24, 2.45) is 0 Å². The van der Waals surface area contributed by atoms with Crippen molar-refractivity contribution in [3.8, 4) is 0 Å². The highest BCUT2D eigenvalue weighted by Gasteiger charge is 2.16. The van der Waals surface area contributed by atoms with E-state index in [1.165, 1.54) is 17.7 Å². The number of rotatable bonds is 5. The van der Waals surface area contributed by atoms with Gasteiger partial charge in [-0.3, -0.25) is 10.1 Å². The number of fused-ring (bicyclic) bond motifs is 2. The van der Waals surface area contributed by atoms with E-state index in [1.54, 1.807) is 22.7 Å². The average molecular weight is 359 g/mol. The molecule has 124 valence electrons. The zero-order valence-electron chi connectivity index (χ0n) is 13.1. The van der Waals surface area contributed by atoms with Crippen LogP contribution in [0.25, 0.3) is 10.2 Å². The fraction of sp³-hybridized carbons (Fsp3) is 0.353. The molecule has 0 atom stereocenters. The van der Waals surface area contributed by atoms with Crippen molar-refractivity contribution in [3.05, 3.63) is 39.8 Å². The number of aryl methyl sites for hydroxylation is 2. The van der Waals surface area contributed by atoms with Crippen molar-refractivity contribution in [3.63, 3.8) is 0 Å². The maximum atomic E-state index is 12.0. The zero-order valence-corrected chi connectivity index (χ0v) is 14.7. The molecule has 1 aliphatic rings. The summed E-state index contributed by atoms with van der Waals surface area (Å²) in [5, 5.41) is 4.41. The van der Waals surface area contributed by atoms with Crippen LogP contribution in [0.2, 0.25) is 0 Å². The molecule has 0 radical (unpaired) electrons. The highest BCUT2D eigenvalue weighted by atomic mass is 32.1. The Morgan fingerprint density at radius 2 is 2.04 bits per heavy atom. The van der Waals surface area contributed by atoms with Crippen LogP contribution in [-0.4, -0.2) is 22.5 Å². The molecule has 1 amide bonds. The molecule has 24 heavy (non-hydrogen) atoms. The van der Waals surface area contributed by atoms with E-state index in [2.05, 4.69) is 15.3 Å².